The number of nitrogens with zero attached hydrogens (tertiary/aromatic N) is 2. The molecule has 1 aromatic heterocycles. The van der Waals surface area contributed by atoms with E-state index in [-0.39, 0.29) is 5.75 Å². The molecule has 0 bridgehead atoms. The predicted octanol–water partition coefficient (Wildman–Crippen LogP) is 3.22. The molecule has 0 unspecified atom stereocenters. The zero-order valence-electron chi connectivity index (χ0n) is 15.9. The summed E-state index contributed by atoms with van der Waals surface area (Å²) in [7, 11) is 1.76. The number of halogens is 2. The second-order valence-electron chi connectivity index (χ2n) is 6.02. The third kappa shape index (κ3) is 5.63. The van der Waals surface area contributed by atoms with Crippen molar-refractivity contribution >= 4 is 23.6 Å². The third-order valence-corrected chi connectivity index (χ3v) is 3.94. The first-order valence-electron chi connectivity index (χ1n) is 8.42. The van der Waals surface area contributed by atoms with Crippen molar-refractivity contribution in [3.8, 4) is 5.75 Å². The van der Waals surface area contributed by atoms with E-state index in [9.17, 15) is 18.4 Å². The van der Waals surface area contributed by atoms with Gasteiger partial charge in [-0.05, 0) is 44.5 Å². The molecule has 150 valence electrons. The number of rotatable bonds is 7. The lowest BCUT2D eigenvalue weighted by molar-refractivity contribution is -0.148. The van der Waals surface area contributed by atoms with E-state index < -0.39 is 24.6 Å². The van der Waals surface area contributed by atoms with Crippen LogP contribution in [-0.2, 0) is 21.4 Å². The van der Waals surface area contributed by atoms with Crippen molar-refractivity contribution in [1.29, 1.82) is 0 Å². The monoisotopic (exact) mass is 393 g/mol. The lowest BCUT2D eigenvalue weighted by Crippen LogP contribution is -2.29. The van der Waals surface area contributed by atoms with Crippen LogP contribution in [0.2, 0.25) is 0 Å². The van der Waals surface area contributed by atoms with Gasteiger partial charge in [0.2, 0.25) is 0 Å². The van der Waals surface area contributed by atoms with Gasteiger partial charge in [-0.15, -0.1) is 0 Å². The minimum atomic E-state index is -2.90. The summed E-state index contributed by atoms with van der Waals surface area (Å²) in [5.74, 6) is -1.18. The van der Waals surface area contributed by atoms with Crippen LogP contribution in [0.1, 0.15) is 23.9 Å². The van der Waals surface area contributed by atoms with Gasteiger partial charge in [-0.1, -0.05) is 12.1 Å². The summed E-state index contributed by atoms with van der Waals surface area (Å²) in [6, 6.07) is 5.72. The molecule has 0 aliphatic rings. The molecule has 9 heteroatoms. The Morgan fingerprint density at radius 3 is 2.39 bits per heavy atom. The normalized spacial score (nSPS) is 12.2. The lowest BCUT2D eigenvalue weighted by atomic mass is 10.2. The first-order valence-corrected chi connectivity index (χ1v) is 8.42. The van der Waals surface area contributed by atoms with E-state index in [0.717, 1.165) is 11.8 Å². The molecule has 1 N–H and O–H groups in total. The third-order valence-electron chi connectivity index (χ3n) is 3.94. The molecule has 0 fully saturated rings. The molecule has 0 saturated carbocycles. The van der Waals surface area contributed by atoms with Gasteiger partial charge in [-0.2, -0.15) is 13.9 Å². The average molecular weight is 393 g/mol. The van der Waals surface area contributed by atoms with Gasteiger partial charge in [0.25, 0.3) is 5.91 Å². The van der Waals surface area contributed by atoms with Crippen LogP contribution in [0.4, 0.5) is 14.5 Å². The summed E-state index contributed by atoms with van der Waals surface area (Å²) in [5.41, 5.74) is 2.60. The molecule has 7 nitrogen and oxygen atoms in total. The Bertz CT molecular complexity index is 876. The molecule has 0 saturated heterocycles. The van der Waals surface area contributed by atoms with Gasteiger partial charge in [0.15, 0.2) is 6.10 Å². The summed E-state index contributed by atoms with van der Waals surface area (Å²) in [6.07, 6.45) is 1.57. The Hall–Kier alpha value is -3.23. The van der Waals surface area contributed by atoms with E-state index in [2.05, 4.69) is 15.2 Å². The standard InChI is InChI=1S/C19H21F2N3O4/c1-11-17(12(2)24(4)23-11)22-18(26)13(3)27-16(25)10-7-14-5-8-15(9-6-14)28-19(20)21/h5-10,13,19H,1-4H3,(H,22,26)/b10-7+/t13-/m0/s1. The smallest absolute Gasteiger partial charge is 0.387 e. The zero-order chi connectivity index (χ0) is 20.8. The molecule has 2 aromatic rings. The van der Waals surface area contributed by atoms with E-state index >= 15 is 0 Å². The first-order chi connectivity index (χ1) is 13.2. The molecular formula is C19H21F2N3O4. The van der Waals surface area contributed by atoms with Gasteiger partial charge in [0.1, 0.15) is 5.75 Å². The van der Waals surface area contributed by atoms with Crippen LogP contribution in [0.5, 0.6) is 5.75 Å². The highest BCUT2D eigenvalue weighted by Gasteiger charge is 2.20. The Morgan fingerprint density at radius 1 is 1.21 bits per heavy atom. The largest absolute Gasteiger partial charge is 0.449 e. The average Bonchev–Trinajstić information content (AvgIpc) is 2.86. The maximum Gasteiger partial charge on any atom is 0.387 e. The van der Waals surface area contributed by atoms with E-state index in [1.807, 2.05) is 6.92 Å². The number of alkyl halides is 2. The van der Waals surface area contributed by atoms with E-state index in [4.69, 9.17) is 4.74 Å². The number of anilines is 1. The number of ether oxygens (including phenoxy) is 2. The highest BCUT2D eigenvalue weighted by molar-refractivity contribution is 5.97. The van der Waals surface area contributed by atoms with Gasteiger partial charge >= 0.3 is 12.6 Å². The van der Waals surface area contributed by atoms with Crippen LogP contribution in [0.25, 0.3) is 6.08 Å². The number of hydrogen-bond donors (Lipinski definition) is 1. The summed E-state index contributed by atoms with van der Waals surface area (Å²) >= 11 is 0. The fraction of sp³-hybridized carbons (Fsp3) is 0.316. The fourth-order valence-corrected chi connectivity index (χ4v) is 2.37. The summed E-state index contributed by atoms with van der Waals surface area (Å²) < 4.78 is 35.2. The number of aromatic nitrogens is 2. The molecule has 28 heavy (non-hydrogen) atoms. The molecule has 0 aliphatic heterocycles. The second-order valence-corrected chi connectivity index (χ2v) is 6.02. The van der Waals surface area contributed by atoms with Gasteiger partial charge < -0.3 is 14.8 Å². The summed E-state index contributed by atoms with van der Waals surface area (Å²) in [5, 5.41) is 6.90. The number of carbonyl (C=O) groups is 2. The van der Waals surface area contributed by atoms with Crippen molar-refractivity contribution in [2.45, 2.75) is 33.5 Å². The Morgan fingerprint density at radius 2 is 1.86 bits per heavy atom. The Labute approximate surface area is 160 Å². The van der Waals surface area contributed by atoms with Gasteiger partial charge in [0, 0.05) is 13.1 Å². The quantitative estimate of drug-likeness (QED) is 0.577. The SMILES string of the molecule is Cc1nn(C)c(C)c1NC(=O)[C@H](C)OC(=O)/C=C/c1ccc(OC(F)F)cc1. The zero-order valence-corrected chi connectivity index (χ0v) is 15.9. The van der Waals surface area contributed by atoms with Crippen LogP contribution in [-0.4, -0.2) is 34.4 Å². The van der Waals surface area contributed by atoms with Crippen LogP contribution < -0.4 is 10.1 Å². The van der Waals surface area contributed by atoms with Crippen LogP contribution in [0.3, 0.4) is 0 Å². The number of aryl methyl sites for hydroxylation is 2. The molecule has 1 aromatic carbocycles. The number of amides is 1. The van der Waals surface area contributed by atoms with E-state index in [1.165, 1.54) is 37.3 Å². The predicted molar refractivity (Wildman–Crippen MR) is 99.0 cm³/mol. The molecular weight excluding hydrogens is 372 g/mol. The number of hydrogen-bond acceptors (Lipinski definition) is 5. The number of carbonyl (C=O) groups excluding carboxylic acids is 2. The topological polar surface area (TPSA) is 82.5 Å². The number of nitrogens with one attached hydrogen (secondary N) is 1. The number of esters is 1. The van der Waals surface area contributed by atoms with Crippen molar-refractivity contribution in [2.24, 2.45) is 7.05 Å². The minimum Gasteiger partial charge on any atom is -0.449 e. The Balaban J connectivity index is 1.90. The highest BCUT2D eigenvalue weighted by Crippen LogP contribution is 2.19. The molecule has 2 rings (SSSR count). The van der Waals surface area contributed by atoms with Crippen molar-refractivity contribution in [3.05, 3.63) is 47.3 Å². The molecule has 0 radical (unpaired) electrons. The van der Waals surface area contributed by atoms with Gasteiger partial charge in [-0.3, -0.25) is 9.48 Å². The van der Waals surface area contributed by atoms with Crippen LogP contribution in [0.15, 0.2) is 30.3 Å². The van der Waals surface area contributed by atoms with Crippen LogP contribution >= 0.6 is 0 Å². The number of benzene rings is 1. The molecule has 0 aliphatic carbocycles. The molecule has 1 atom stereocenters. The lowest BCUT2D eigenvalue weighted by Gasteiger charge is -2.12. The van der Waals surface area contributed by atoms with Crippen molar-refractivity contribution in [3.63, 3.8) is 0 Å². The second kappa shape index (κ2) is 9.12. The first kappa shape index (κ1) is 21.1. The highest BCUT2D eigenvalue weighted by atomic mass is 19.3. The van der Waals surface area contributed by atoms with Gasteiger partial charge in [0.05, 0.1) is 17.1 Å². The van der Waals surface area contributed by atoms with Crippen molar-refractivity contribution in [2.75, 3.05) is 5.32 Å². The van der Waals surface area contributed by atoms with Crippen LogP contribution in [0, 0.1) is 13.8 Å². The van der Waals surface area contributed by atoms with E-state index in [1.54, 1.807) is 18.7 Å². The maximum atomic E-state index is 12.2. The maximum absolute atomic E-state index is 12.2. The Kier molecular flexibility index (Phi) is 6.86. The fourth-order valence-electron chi connectivity index (χ4n) is 2.37. The molecule has 0 spiro atoms. The molecule has 1 heterocycles. The molecule has 1 amide bonds. The minimum absolute atomic E-state index is 0.0148. The summed E-state index contributed by atoms with van der Waals surface area (Å²) in [4.78, 5) is 24.1. The van der Waals surface area contributed by atoms with E-state index in [0.29, 0.717) is 16.9 Å². The van der Waals surface area contributed by atoms with Gasteiger partial charge in [-0.25, -0.2) is 4.79 Å². The van der Waals surface area contributed by atoms with Crippen molar-refractivity contribution in [1.82, 2.24) is 9.78 Å². The van der Waals surface area contributed by atoms with Crippen molar-refractivity contribution < 1.29 is 27.8 Å². The summed E-state index contributed by atoms with van der Waals surface area (Å²) in [6.45, 7) is 2.13.